The van der Waals surface area contributed by atoms with Gasteiger partial charge in [-0.1, -0.05) is 107 Å². The van der Waals surface area contributed by atoms with E-state index in [0.717, 1.165) is 63.4 Å². The molecule has 3 N–H and O–H groups in total. The lowest BCUT2D eigenvalue weighted by atomic mass is 9.40. The molecule has 3 aromatic carbocycles. The zero-order valence-corrected chi connectivity index (χ0v) is 33.0. The molecule has 0 aliphatic heterocycles. The van der Waals surface area contributed by atoms with Crippen LogP contribution in [0.15, 0.2) is 54.6 Å². The minimum Gasteiger partial charge on any atom is -0.324 e. The molecule has 0 spiro atoms. The van der Waals surface area contributed by atoms with Crippen LogP contribution < -0.4 is 11.1 Å². The van der Waals surface area contributed by atoms with Crippen molar-refractivity contribution in [2.24, 2.45) is 11.7 Å². The summed E-state index contributed by atoms with van der Waals surface area (Å²) in [6.07, 6.45) is 9.35. The lowest BCUT2D eigenvalue weighted by molar-refractivity contribution is -0.0922. The normalized spacial score (nSPS) is 23.2. The minimum absolute atomic E-state index is 0.0245. The van der Waals surface area contributed by atoms with Gasteiger partial charge in [0.05, 0.1) is 30.1 Å². The van der Waals surface area contributed by atoms with Crippen LogP contribution in [-0.4, -0.2) is 43.2 Å². The Hall–Kier alpha value is -0.720. The van der Waals surface area contributed by atoms with E-state index in [-0.39, 0.29) is 28.2 Å². The SMILES string of the molecule is CNC(C)(C(C(N(C)C)C1(c2ccc(Cl)c(Cl)c2)CCC1)C(C)(N)C1(c2ccc(Cl)c(Cl)c2)CCC1)C1(c2ccc(Cl)c(Cl)c2)CCC1. The Morgan fingerprint density at radius 1 is 0.625 bits per heavy atom. The van der Waals surface area contributed by atoms with Crippen LogP contribution >= 0.6 is 69.6 Å². The summed E-state index contributed by atoms with van der Waals surface area (Å²) >= 11 is 39.8. The maximum Gasteiger partial charge on any atom is 0.0595 e. The summed E-state index contributed by atoms with van der Waals surface area (Å²) in [6.45, 7) is 4.73. The summed E-state index contributed by atoms with van der Waals surface area (Å²) in [5.74, 6) is -0.0794. The predicted octanol–water partition coefficient (Wildman–Crippen LogP) is 11.5. The van der Waals surface area contributed by atoms with E-state index in [0.29, 0.717) is 30.1 Å². The van der Waals surface area contributed by atoms with Crippen LogP contribution in [0.25, 0.3) is 0 Å². The number of nitrogens with zero attached hydrogens (tertiary/aromatic N) is 1. The van der Waals surface area contributed by atoms with E-state index >= 15 is 0 Å². The third-order valence-corrected chi connectivity index (χ3v) is 15.6. The first kappa shape index (κ1) is 37.1. The first-order valence-corrected chi connectivity index (χ1v) is 19.4. The van der Waals surface area contributed by atoms with Gasteiger partial charge < -0.3 is 16.0 Å². The van der Waals surface area contributed by atoms with Gasteiger partial charge in [0.1, 0.15) is 0 Å². The zero-order valence-electron chi connectivity index (χ0n) is 28.5. The molecule has 3 aromatic rings. The molecule has 0 heterocycles. The van der Waals surface area contributed by atoms with Gasteiger partial charge in [-0.25, -0.2) is 0 Å². The van der Waals surface area contributed by atoms with Crippen molar-refractivity contribution in [3.8, 4) is 0 Å². The standard InChI is InChI=1S/C39H47Cl6N3/c1-35(46,38(17-7-18-38)25-10-13-28(41)31(44)22-25)33(34(48(4)5)37(15-6-16-37)24-9-12-27(40)30(43)21-24)36(2,47-3)39(19-8-20-39)26-11-14-29(42)32(45)23-26/h9-14,21-23,33-34,47H,6-8,15-20,46H2,1-5H3. The quantitative estimate of drug-likeness (QED) is 0.204. The predicted molar refractivity (Wildman–Crippen MR) is 207 cm³/mol. The molecule has 6 rings (SSSR count). The van der Waals surface area contributed by atoms with Crippen molar-refractivity contribution in [2.45, 2.75) is 105 Å². The molecule has 3 saturated carbocycles. The Balaban J connectivity index is 1.64. The van der Waals surface area contributed by atoms with Crippen LogP contribution in [0.1, 0.15) is 88.3 Å². The van der Waals surface area contributed by atoms with Gasteiger partial charge in [0.25, 0.3) is 0 Å². The van der Waals surface area contributed by atoms with Gasteiger partial charge in [-0.15, -0.1) is 0 Å². The van der Waals surface area contributed by atoms with E-state index in [1.54, 1.807) is 0 Å². The van der Waals surface area contributed by atoms with Crippen LogP contribution in [-0.2, 0) is 16.2 Å². The van der Waals surface area contributed by atoms with Gasteiger partial charge in [0.15, 0.2) is 0 Å². The zero-order chi connectivity index (χ0) is 34.9. The Bertz CT molecular complexity index is 1680. The molecule has 0 radical (unpaired) electrons. The molecule has 3 aliphatic rings. The maximum absolute atomic E-state index is 8.20. The largest absolute Gasteiger partial charge is 0.324 e. The van der Waals surface area contributed by atoms with Crippen molar-refractivity contribution < 1.29 is 0 Å². The average molecular weight is 771 g/mol. The number of hydrogen-bond acceptors (Lipinski definition) is 3. The maximum atomic E-state index is 8.20. The summed E-state index contributed by atoms with van der Waals surface area (Å²) in [5.41, 5.74) is 9.79. The van der Waals surface area contributed by atoms with Crippen molar-refractivity contribution in [1.82, 2.24) is 10.2 Å². The third kappa shape index (κ3) is 5.48. The Labute approximate surface area is 317 Å². The highest BCUT2D eigenvalue weighted by Gasteiger charge is 2.69. The van der Waals surface area contributed by atoms with Crippen molar-refractivity contribution in [1.29, 1.82) is 0 Å². The molecule has 3 aliphatic carbocycles. The molecule has 0 aromatic heterocycles. The monoisotopic (exact) mass is 767 g/mol. The third-order valence-electron chi connectivity index (χ3n) is 13.3. The number of halogens is 6. The molecule has 0 amide bonds. The molecule has 0 saturated heterocycles. The van der Waals surface area contributed by atoms with Gasteiger partial charge >= 0.3 is 0 Å². The van der Waals surface area contributed by atoms with Crippen molar-refractivity contribution in [2.75, 3.05) is 21.1 Å². The number of rotatable bonds is 11. The summed E-state index contributed by atoms with van der Waals surface area (Å²) < 4.78 is 0. The number of nitrogens with two attached hydrogens (primary N) is 1. The van der Waals surface area contributed by atoms with Crippen LogP contribution in [0.3, 0.4) is 0 Å². The van der Waals surface area contributed by atoms with Gasteiger partial charge in [-0.2, -0.15) is 0 Å². The summed E-state index contributed by atoms with van der Waals surface area (Å²) in [5, 5.41) is 7.41. The van der Waals surface area contributed by atoms with Crippen LogP contribution in [0, 0.1) is 5.92 Å². The molecule has 4 unspecified atom stereocenters. The number of likely N-dealkylation sites (N-methyl/N-ethyl adjacent to an activating group) is 2. The molecule has 4 atom stereocenters. The van der Waals surface area contributed by atoms with E-state index in [1.807, 2.05) is 18.2 Å². The lowest BCUT2D eigenvalue weighted by Crippen LogP contribution is -2.80. The number of benzene rings is 3. The van der Waals surface area contributed by atoms with Gasteiger partial charge in [0, 0.05) is 39.3 Å². The topological polar surface area (TPSA) is 41.3 Å². The van der Waals surface area contributed by atoms with Crippen LogP contribution in [0.2, 0.25) is 30.1 Å². The molecule has 3 fully saturated rings. The molecular weight excluding hydrogens is 723 g/mol. The molecule has 48 heavy (non-hydrogen) atoms. The van der Waals surface area contributed by atoms with E-state index < -0.39 is 11.1 Å². The summed E-state index contributed by atoms with van der Waals surface area (Å²) in [4.78, 5) is 2.44. The summed E-state index contributed by atoms with van der Waals surface area (Å²) in [6, 6.07) is 18.6. The first-order chi connectivity index (χ1) is 22.6. The molecule has 9 heteroatoms. The second-order valence-corrected chi connectivity index (χ2v) is 17.8. The van der Waals surface area contributed by atoms with Gasteiger partial charge in [0.2, 0.25) is 0 Å². The Morgan fingerprint density at radius 3 is 1.35 bits per heavy atom. The first-order valence-electron chi connectivity index (χ1n) is 17.1. The lowest BCUT2D eigenvalue weighted by Gasteiger charge is -2.70. The smallest absolute Gasteiger partial charge is 0.0595 e. The molecule has 260 valence electrons. The summed E-state index contributed by atoms with van der Waals surface area (Å²) in [7, 11) is 6.56. The van der Waals surface area contributed by atoms with Crippen molar-refractivity contribution >= 4 is 69.6 Å². The Kier molecular flexibility index (Phi) is 10.3. The number of hydrogen-bond donors (Lipinski definition) is 2. The van der Waals surface area contributed by atoms with E-state index in [9.17, 15) is 0 Å². The highest BCUT2D eigenvalue weighted by atomic mass is 35.5. The van der Waals surface area contributed by atoms with Crippen LogP contribution in [0.4, 0.5) is 0 Å². The highest BCUT2D eigenvalue weighted by molar-refractivity contribution is 6.43. The molecule has 0 bridgehead atoms. The minimum atomic E-state index is -0.716. The van der Waals surface area contributed by atoms with E-state index in [4.69, 9.17) is 75.3 Å². The van der Waals surface area contributed by atoms with Crippen molar-refractivity contribution in [3.05, 3.63) is 101 Å². The number of nitrogens with one attached hydrogen (secondary N) is 1. The second-order valence-electron chi connectivity index (χ2n) is 15.4. The highest BCUT2D eigenvalue weighted by Crippen LogP contribution is 2.64. The fourth-order valence-corrected chi connectivity index (χ4v) is 11.3. The van der Waals surface area contributed by atoms with Crippen LogP contribution in [0.5, 0.6) is 0 Å². The Morgan fingerprint density at radius 2 is 1.02 bits per heavy atom. The fourth-order valence-electron chi connectivity index (χ4n) is 10.4. The van der Waals surface area contributed by atoms with E-state index in [2.05, 4.69) is 81.6 Å². The van der Waals surface area contributed by atoms with Gasteiger partial charge in [-0.3, -0.25) is 0 Å². The van der Waals surface area contributed by atoms with Crippen molar-refractivity contribution in [3.63, 3.8) is 0 Å². The second kappa shape index (κ2) is 13.4. The molecule has 3 nitrogen and oxygen atoms in total. The van der Waals surface area contributed by atoms with Gasteiger partial charge in [-0.05, 0) is 127 Å². The fraction of sp³-hybridized carbons (Fsp3) is 0.538. The molecular formula is C39H47Cl6N3. The van der Waals surface area contributed by atoms with E-state index in [1.165, 1.54) is 11.1 Å². The average Bonchev–Trinajstić information content (AvgIpc) is 2.95.